The largest absolute Gasteiger partial charge is 0.495 e. The highest BCUT2D eigenvalue weighted by atomic mass is 35.5. The highest BCUT2D eigenvalue weighted by Gasteiger charge is 2.19. The van der Waals surface area contributed by atoms with Crippen molar-refractivity contribution in [3.63, 3.8) is 0 Å². The first-order chi connectivity index (χ1) is 19.0. The summed E-state index contributed by atoms with van der Waals surface area (Å²) in [5.74, 6) is -0.725. The number of methoxy groups -OCH3 is 1. The average Bonchev–Trinajstić information content (AvgIpc) is 3.32. The minimum atomic E-state index is -0.656. The molecule has 0 atom stereocenters. The maximum atomic E-state index is 13.2. The number of nitrogens with zero attached hydrogens (tertiary/aromatic N) is 1. The van der Waals surface area contributed by atoms with E-state index in [-0.39, 0.29) is 5.56 Å². The zero-order valence-corrected chi connectivity index (χ0v) is 21.5. The van der Waals surface area contributed by atoms with Gasteiger partial charge in [-0.3, -0.25) is 4.79 Å². The van der Waals surface area contributed by atoms with Gasteiger partial charge in [-0.15, -0.1) is 0 Å². The quantitative estimate of drug-likeness (QED) is 0.225. The third-order valence-electron chi connectivity index (χ3n) is 6.39. The second kappa shape index (κ2) is 10.1. The minimum absolute atomic E-state index is 0.282. The summed E-state index contributed by atoms with van der Waals surface area (Å²) in [5, 5.41) is 5.68. The van der Waals surface area contributed by atoms with E-state index in [4.69, 9.17) is 25.5 Å². The maximum Gasteiger partial charge on any atom is 0.339 e. The number of hydrogen-bond donors (Lipinski definition) is 1. The number of ether oxygens (including phenoxy) is 2. The number of halogens is 1. The molecule has 6 rings (SSSR count). The van der Waals surface area contributed by atoms with Gasteiger partial charge >= 0.3 is 5.97 Å². The van der Waals surface area contributed by atoms with E-state index in [9.17, 15) is 9.59 Å². The Balaban J connectivity index is 1.24. The molecule has 8 heteroatoms. The number of aromatic nitrogens is 1. The molecular formula is C31H21ClN2O5. The van der Waals surface area contributed by atoms with Crippen molar-refractivity contribution in [3.05, 3.63) is 102 Å². The Bertz CT molecular complexity index is 1900. The van der Waals surface area contributed by atoms with Crippen molar-refractivity contribution in [1.82, 2.24) is 4.98 Å². The second-order valence-corrected chi connectivity index (χ2v) is 9.23. The predicted molar refractivity (Wildman–Crippen MR) is 151 cm³/mol. The fraction of sp³-hybridized carbons (Fsp3) is 0.0645. The van der Waals surface area contributed by atoms with Crippen molar-refractivity contribution in [2.45, 2.75) is 0 Å². The Morgan fingerprint density at radius 3 is 2.44 bits per heavy atom. The summed E-state index contributed by atoms with van der Waals surface area (Å²) in [5.41, 5.74) is 3.83. The summed E-state index contributed by atoms with van der Waals surface area (Å²) >= 11 is 6.38. The molecule has 0 saturated carbocycles. The molecule has 39 heavy (non-hydrogen) atoms. The second-order valence-electron chi connectivity index (χ2n) is 8.82. The lowest BCUT2D eigenvalue weighted by Crippen LogP contribution is -2.21. The SMILES string of the molecule is COc1cc2c(cc1NC(=O)COC(=O)c1cc(-c3ccccc3Cl)nc3ccccc13)oc1ccccc12. The number of nitrogens with one attached hydrogen (secondary N) is 1. The zero-order chi connectivity index (χ0) is 26.9. The third-order valence-corrected chi connectivity index (χ3v) is 6.72. The van der Waals surface area contributed by atoms with Gasteiger partial charge in [0.2, 0.25) is 0 Å². The molecule has 0 radical (unpaired) electrons. The molecule has 7 nitrogen and oxygen atoms in total. The maximum absolute atomic E-state index is 13.2. The van der Waals surface area contributed by atoms with Crippen molar-refractivity contribution >= 4 is 62.0 Å². The van der Waals surface area contributed by atoms with Crippen LogP contribution in [0.15, 0.2) is 95.4 Å². The van der Waals surface area contributed by atoms with Crippen LogP contribution in [0.1, 0.15) is 10.4 Å². The molecule has 0 aliphatic rings. The first-order valence-electron chi connectivity index (χ1n) is 12.1. The number of esters is 1. The van der Waals surface area contributed by atoms with E-state index in [1.165, 1.54) is 7.11 Å². The van der Waals surface area contributed by atoms with E-state index >= 15 is 0 Å². The fourth-order valence-corrected chi connectivity index (χ4v) is 4.80. The first kappa shape index (κ1) is 24.5. The number of carbonyl (C=O) groups excluding carboxylic acids is 2. The van der Waals surface area contributed by atoms with Crippen LogP contribution >= 0.6 is 11.6 Å². The van der Waals surface area contributed by atoms with Crippen LogP contribution in [0.3, 0.4) is 0 Å². The number of para-hydroxylation sites is 2. The predicted octanol–water partition coefficient (Wildman–Crippen LogP) is 7.26. The molecule has 192 valence electrons. The van der Waals surface area contributed by atoms with Crippen LogP contribution < -0.4 is 10.1 Å². The summed E-state index contributed by atoms with van der Waals surface area (Å²) in [7, 11) is 1.52. The van der Waals surface area contributed by atoms with Crippen LogP contribution in [-0.2, 0) is 9.53 Å². The van der Waals surface area contributed by atoms with Crippen LogP contribution in [0.5, 0.6) is 5.75 Å². The lowest BCUT2D eigenvalue weighted by Gasteiger charge is -2.12. The lowest BCUT2D eigenvalue weighted by molar-refractivity contribution is -0.119. The van der Waals surface area contributed by atoms with E-state index in [1.807, 2.05) is 60.7 Å². The first-order valence-corrected chi connectivity index (χ1v) is 12.5. The highest BCUT2D eigenvalue weighted by Crippen LogP contribution is 2.36. The van der Waals surface area contributed by atoms with Gasteiger partial charge in [0.25, 0.3) is 5.91 Å². The third kappa shape index (κ3) is 4.64. The number of rotatable bonds is 6. The summed E-state index contributed by atoms with van der Waals surface area (Å²) in [6.45, 7) is -0.502. The van der Waals surface area contributed by atoms with Crippen molar-refractivity contribution < 1.29 is 23.5 Å². The molecule has 1 amide bonds. The topological polar surface area (TPSA) is 90.7 Å². The Morgan fingerprint density at radius 1 is 0.872 bits per heavy atom. The van der Waals surface area contributed by atoms with E-state index < -0.39 is 18.5 Å². The molecule has 0 spiro atoms. The van der Waals surface area contributed by atoms with Crippen molar-refractivity contribution in [2.75, 3.05) is 19.0 Å². The molecule has 6 aromatic rings. The van der Waals surface area contributed by atoms with Crippen molar-refractivity contribution in [3.8, 4) is 17.0 Å². The molecule has 0 saturated heterocycles. The molecular weight excluding hydrogens is 516 g/mol. The van der Waals surface area contributed by atoms with Crippen LogP contribution in [0.2, 0.25) is 5.02 Å². The van der Waals surface area contributed by atoms with Crippen LogP contribution in [0, 0.1) is 0 Å². The van der Waals surface area contributed by atoms with Gasteiger partial charge in [0.1, 0.15) is 16.9 Å². The van der Waals surface area contributed by atoms with Crippen LogP contribution in [0.4, 0.5) is 5.69 Å². The Labute approximate surface area is 227 Å². The normalized spacial score (nSPS) is 11.1. The van der Waals surface area contributed by atoms with Gasteiger partial charge in [-0.05, 0) is 30.3 Å². The number of furan rings is 1. The van der Waals surface area contributed by atoms with Crippen molar-refractivity contribution in [1.29, 1.82) is 0 Å². The fourth-order valence-electron chi connectivity index (χ4n) is 4.56. The molecule has 0 aliphatic heterocycles. The zero-order valence-electron chi connectivity index (χ0n) is 20.7. The molecule has 0 bridgehead atoms. The average molecular weight is 537 g/mol. The highest BCUT2D eigenvalue weighted by molar-refractivity contribution is 6.33. The number of hydrogen-bond acceptors (Lipinski definition) is 6. The van der Waals surface area contributed by atoms with Gasteiger partial charge in [-0.25, -0.2) is 9.78 Å². The van der Waals surface area contributed by atoms with E-state index in [0.29, 0.717) is 44.2 Å². The van der Waals surface area contributed by atoms with Gasteiger partial charge in [-0.1, -0.05) is 66.2 Å². The molecule has 2 aromatic heterocycles. The molecule has 0 fully saturated rings. The smallest absolute Gasteiger partial charge is 0.339 e. The number of pyridine rings is 1. The number of amides is 1. The summed E-state index contributed by atoms with van der Waals surface area (Å²) in [6, 6.07) is 27.3. The molecule has 4 aromatic carbocycles. The summed E-state index contributed by atoms with van der Waals surface area (Å²) in [6.07, 6.45) is 0. The summed E-state index contributed by atoms with van der Waals surface area (Å²) < 4.78 is 16.8. The Hall–Kier alpha value is -4.88. The van der Waals surface area contributed by atoms with E-state index in [1.54, 1.807) is 30.3 Å². The monoisotopic (exact) mass is 536 g/mol. The number of carbonyl (C=O) groups is 2. The van der Waals surface area contributed by atoms with Gasteiger partial charge < -0.3 is 19.2 Å². The van der Waals surface area contributed by atoms with Gasteiger partial charge in [0.05, 0.1) is 29.6 Å². The number of anilines is 1. The Morgan fingerprint density at radius 2 is 1.62 bits per heavy atom. The lowest BCUT2D eigenvalue weighted by atomic mass is 10.0. The minimum Gasteiger partial charge on any atom is -0.495 e. The van der Waals surface area contributed by atoms with Gasteiger partial charge in [-0.2, -0.15) is 0 Å². The molecule has 0 unspecified atom stereocenters. The summed E-state index contributed by atoms with van der Waals surface area (Å²) in [4.78, 5) is 30.7. The van der Waals surface area contributed by atoms with Gasteiger partial charge in [0, 0.05) is 32.8 Å². The molecule has 1 N–H and O–H groups in total. The Kier molecular flexibility index (Phi) is 6.34. The molecule has 2 heterocycles. The standard InChI is InChI=1S/C31H21ClN2O5/c1-37-29-15-21-19-9-4-7-13-27(19)39-28(21)16-26(29)34-30(35)17-38-31(36)22-14-25(20-10-2-5-11-23(20)32)33-24-12-6-3-8-18(22)24/h2-16H,17H2,1H3,(H,34,35). The van der Waals surface area contributed by atoms with E-state index in [0.717, 1.165) is 16.4 Å². The number of benzene rings is 4. The van der Waals surface area contributed by atoms with Gasteiger partial charge in [0.15, 0.2) is 6.61 Å². The van der Waals surface area contributed by atoms with Crippen LogP contribution in [0.25, 0.3) is 44.1 Å². The van der Waals surface area contributed by atoms with Crippen molar-refractivity contribution in [2.24, 2.45) is 0 Å². The number of fused-ring (bicyclic) bond motifs is 4. The molecule has 0 aliphatic carbocycles. The van der Waals surface area contributed by atoms with E-state index in [2.05, 4.69) is 10.3 Å². The van der Waals surface area contributed by atoms with Crippen LogP contribution in [-0.4, -0.2) is 30.6 Å².